The van der Waals surface area contributed by atoms with Crippen LogP contribution in [0.25, 0.3) is 10.8 Å². The molecular weight excluding hydrogens is 452 g/mol. The monoisotopic (exact) mass is 498 g/mol. The molecule has 2 aromatic carbocycles. The molecule has 0 aliphatic carbocycles. The zero-order valence-electron chi connectivity index (χ0n) is 22.9. The summed E-state index contributed by atoms with van der Waals surface area (Å²) in [7, 11) is 0. The summed E-state index contributed by atoms with van der Waals surface area (Å²) < 4.78 is 12.1. The first-order valence-corrected chi connectivity index (χ1v) is 13.9. The molecule has 0 saturated heterocycles. The molecule has 0 heterocycles. The number of amides is 2. The second-order valence-corrected chi connectivity index (χ2v) is 9.40. The van der Waals surface area contributed by atoms with E-state index in [1.54, 1.807) is 0 Å². The molecule has 0 unspecified atom stereocenters. The third-order valence-electron chi connectivity index (χ3n) is 6.35. The quantitative estimate of drug-likeness (QED) is 0.237. The first-order valence-electron chi connectivity index (χ1n) is 13.9. The van der Waals surface area contributed by atoms with Crippen molar-refractivity contribution in [2.24, 2.45) is 0 Å². The van der Waals surface area contributed by atoms with Gasteiger partial charge >= 0.3 is 0 Å². The summed E-state index contributed by atoms with van der Waals surface area (Å²) in [5.41, 5.74) is 0. The maximum Gasteiger partial charge on any atom is 0.260 e. The summed E-state index contributed by atoms with van der Waals surface area (Å²) in [6, 6.07) is 11.7. The molecule has 6 heteroatoms. The standard InChI is InChI=1S/C30H46N2O4/c1-5-9-17-31(18-10-6-2)29(33)23-35-27-21-25-15-13-14-16-26(25)22-28(27)36-24-30(34)32(19-11-7-3)20-12-8-4/h13-16,21-22H,5-12,17-20,23-24H2,1-4H3. The van der Waals surface area contributed by atoms with Crippen molar-refractivity contribution < 1.29 is 19.1 Å². The van der Waals surface area contributed by atoms with Gasteiger partial charge in [0.2, 0.25) is 0 Å². The zero-order chi connectivity index (χ0) is 26.2. The second kappa shape index (κ2) is 16.8. The normalized spacial score (nSPS) is 10.9. The molecule has 0 fully saturated rings. The number of hydrogen-bond donors (Lipinski definition) is 0. The van der Waals surface area contributed by atoms with Crippen LogP contribution in [0.5, 0.6) is 11.5 Å². The first kappa shape index (κ1) is 29.5. The van der Waals surface area contributed by atoms with Gasteiger partial charge in [0.25, 0.3) is 11.8 Å². The van der Waals surface area contributed by atoms with Crippen molar-refractivity contribution in [1.82, 2.24) is 9.80 Å². The molecule has 0 aliphatic rings. The number of rotatable bonds is 18. The number of carbonyl (C=O) groups excluding carboxylic acids is 2. The fourth-order valence-electron chi connectivity index (χ4n) is 4.00. The van der Waals surface area contributed by atoms with Gasteiger partial charge in [0.15, 0.2) is 24.7 Å². The van der Waals surface area contributed by atoms with Gasteiger partial charge in [-0.25, -0.2) is 0 Å². The van der Waals surface area contributed by atoms with E-state index < -0.39 is 0 Å². The average molecular weight is 499 g/mol. The van der Waals surface area contributed by atoms with Crippen molar-refractivity contribution in [1.29, 1.82) is 0 Å². The van der Waals surface area contributed by atoms with Crippen LogP contribution >= 0.6 is 0 Å². The lowest BCUT2D eigenvalue weighted by Gasteiger charge is -2.24. The van der Waals surface area contributed by atoms with Gasteiger partial charge in [-0.3, -0.25) is 9.59 Å². The van der Waals surface area contributed by atoms with Crippen molar-refractivity contribution in [3.63, 3.8) is 0 Å². The van der Waals surface area contributed by atoms with Gasteiger partial charge < -0.3 is 19.3 Å². The SMILES string of the molecule is CCCCN(CCCC)C(=O)COc1cc2ccccc2cc1OCC(=O)N(CCCC)CCCC. The summed E-state index contributed by atoms with van der Waals surface area (Å²) in [5, 5.41) is 2.00. The highest BCUT2D eigenvalue weighted by Gasteiger charge is 2.18. The molecule has 2 amide bonds. The van der Waals surface area contributed by atoms with Crippen LogP contribution in [-0.2, 0) is 9.59 Å². The smallest absolute Gasteiger partial charge is 0.260 e. The lowest BCUT2D eigenvalue weighted by molar-refractivity contribution is -0.134. The van der Waals surface area contributed by atoms with E-state index in [9.17, 15) is 9.59 Å². The lowest BCUT2D eigenvalue weighted by atomic mass is 10.1. The Balaban J connectivity index is 2.15. The van der Waals surface area contributed by atoms with Crippen molar-refractivity contribution in [2.45, 2.75) is 79.1 Å². The maximum absolute atomic E-state index is 13.0. The number of hydrogen-bond acceptors (Lipinski definition) is 4. The zero-order valence-corrected chi connectivity index (χ0v) is 22.9. The van der Waals surface area contributed by atoms with Crippen LogP contribution < -0.4 is 9.47 Å². The molecule has 0 bridgehead atoms. The van der Waals surface area contributed by atoms with E-state index in [1.165, 1.54) is 0 Å². The van der Waals surface area contributed by atoms with Gasteiger partial charge in [-0.2, -0.15) is 0 Å². The Kier molecular flexibility index (Phi) is 13.8. The molecule has 36 heavy (non-hydrogen) atoms. The molecule has 200 valence electrons. The molecular formula is C30H46N2O4. The van der Waals surface area contributed by atoms with Crippen LogP contribution in [0.2, 0.25) is 0 Å². The number of ether oxygens (including phenoxy) is 2. The average Bonchev–Trinajstić information content (AvgIpc) is 2.90. The highest BCUT2D eigenvalue weighted by atomic mass is 16.5. The molecule has 0 aliphatic heterocycles. The van der Waals surface area contributed by atoms with Crippen LogP contribution in [0.4, 0.5) is 0 Å². The van der Waals surface area contributed by atoms with Gasteiger partial charge in [0.1, 0.15) is 0 Å². The van der Waals surface area contributed by atoms with Crippen molar-refractivity contribution in [3.05, 3.63) is 36.4 Å². The van der Waals surface area contributed by atoms with Gasteiger partial charge in [-0.15, -0.1) is 0 Å². The van der Waals surface area contributed by atoms with Crippen LogP contribution in [-0.4, -0.2) is 61.0 Å². The van der Waals surface area contributed by atoms with Crippen molar-refractivity contribution in [2.75, 3.05) is 39.4 Å². The Bertz CT molecular complexity index is 840. The lowest BCUT2D eigenvalue weighted by Crippen LogP contribution is -2.37. The van der Waals surface area contributed by atoms with E-state index in [0.717, 1.165) is 88.3 Å². The van der Waals surface area contributed by atoms with E-state index in [-0.39, 0.29) is 25.0 Å². The number of unbranched alkanes of at least 4 members (excludes halogenated alkanes) is 4. The fourth-order valence-corrected chi connectivity index (χ4v) is 4.00. The highest BCUT2D eigenvalue weighted by Crippen LogP contribution is 2.33. The first-order chi connectivity index (χ1) is 17.5. The third kappa shape index (κ3) is 9.71. The highest BCUT2D eigenvalue weighted by molar-refractivity contribution is 5.86. The van der Waals surface area contributed by atoms with Crippen molar-refractivity contribution >= 4 is 22.6 Å². The second-order valence-electron chi connectivity index (χ2n) is 9.40. The summed E-state index contributed by atoms with van der Waals surface area (Å²) in [4.78, 5) is 29.7. The minimum Gasteiger partial charge on any atom is -0.480 e. The van der Waals surface area contributed by atoms with Crippen LogP contribution in [0.15, 0.2) is 36.4 Å². The topological polar surface area (TPSA) is 59.1 Å². The Hall–Kier alpha value is -2.76. The van der Waals surface area contributed by atoms with Crippen LogP contribution in [0.1, 0.15) is 79.1 Å². The number of nitrogens with zero attached hydrogens (tertiary/aromatic N) is 2. The minimum absolute atomic E-state index is 0.0163. The van der Waals surface area contributed by atoms with E-state index in [2.05, 4.69) is 27.7 Å². The van der Waals surface area contributed by atoms with Gasteiger partial charge in [0, 0.05) is 26.2 Å². The molecule has 0 spiro atoms. The predicted molar refractivity (Wildman–Crippen MR) is 148 cm³/mol. The molecule has 0 N–H and O–H groups in total. The summed E-state index contributed by atoms with van der Waals surface area (Å²) in [6.45, 7) is 11.4. The minimum atomic E-state index is -0.0464. The Morgan fingerprint density at radius 3 is 1.25 bits per heavy atom. The molecule has 0 radical (unpaired) electrons. The predicted octanol–water partition coefficient (Wildman–Crippen LogP) is 6.46. The van der Waals surface area contributed by atoms with E-state index in [1.807, 2.05) is 46.2 Å². The maximum atomic E-state index is 13.0. The Morgan fingerprint density at radius 1 is 0.611 bits per heavy atom. The summed E-state index contributed by atoms with van der Waals surface area (Å²) >= 11 is 0. The fraction of sp³-hybridized carbons (Fsp3) is 0.600. The Morgan fingerprint density at radius 2 is 0.944 bits per heavy atom. The Labute approximate surface area is 217 Å². The van der Waals surface area contributed by atoms with E-state index >= 15 is 0 Å². The van der Waals surface area contributed by atoms with Gasteiger partial charge in [-0.05, 0) is 48.6 Å². The van der Waals surface area contributed by atoms with Crippen LogP contribution in [0, 0.1) is 0 Å². The number of carbonyl (C=O) groups is 2. The van der Waals surface area contributed by atoms with E-state index in [4.69, 9.17) is 9.47 Å². The summed E-state index contributed by atoms with van der Waals surface area (Å²) in [5.74, 6) is 0.957. The molecule has 6 nitrogen and oxygen atoms in total. The number of fused-ring (bicyclic) bond motifs is 1. The third-order valence-corrected chi connectivity index (χ3v) is 6.35. The van der Waals surface area contributed by atoms with E-state index in [0.29, 0.717) is 11.5 Å². The van der Waals surface area contributed by atoms with Gasteiger partial charge in [0.05, 0.1) is 0 Å². The number of benzene rings is 2. The molecule has 2 aromatic rings. The van der Waals surface area contributed by atoms with Crippen LogP contribution in [0.3, 0.4) is 0 Å². The van der Waals surface area contributed by atoms with Gasteiger partial charge in [-0.1, -0.05) is 77.6 Å². The summed E-state index contributed by atoms with van der Waals surface area (Å²) in [6.07, 6.45) is 8.09. The molecule has 0 saturated carbocycles. The largest absolute Gasteiger partial charge is 0.480 e. The molecule has 0 aromatic heterocycles. The molecule has 2 rings (SSSR count). The molecule has 0 atom stereocenters. The van der Waals surface area contributed by atoms with Crippen molar-refractivity contribution in [3.8, 4) is 11.5 Å².